The summed E-state index contributed by atoms with van der Waals surface area (Å²) in [5.74, 6) is 0.734. The molecule has 1 aliphatic rings. The van der Waals surface area contributed by atoms with E-state index in [0.717, 1.165) is 24.2 Å². The topological polar surface area (TPSA) is 64.0 Å². The standard InChI is InChI=1S/C24H33N3O4/c1-24(2,3)31-23(29)26-15-12-19(13-16-26)27-14-8-10-20(27)22(28)25(4)17-18-9-6-7-11-21(18)30-5/h6-11,14,19H,12-13,15-17H2,1-5H3. The molecule has 0 radical (unpaired) electrons. The first-order chi connectivity index (χ1) is 14.7. The highest BCUT2D eigenvalue weighted by atomic mass is 16.6. The van der Waals surface area contributed by atoms with E-state index in [9.17, 15) is 9.59 Å². The number of rotatable bonds is 5. The summed E-state index contributed by atoms with van der Waals surface area (Å²) in [6.45, 7) is 7.31. The average molecular weight is 428 g/mol. The van der Waals surface area contributed by atoms with Crippen molar-refractivity contribution in [1.82, 2.24) is 14.4 Å². The first kappa shape index (κ1) is 22.7. The Balaban J connectivity index is 1.64. The van der Waals surface area contributed by atoms with Gasteiger partial charge in [-0.2, -0.15) is 0 Å². The second-order valence-electron chi connectivity index (χ2n) is 8.97. The number of hydrogen-bond donors (Lipinski definition) is 0. The normalized spacial score (nSPS) is 14.9. The lowest BCUT2D eigenvalue weighted by Crippen LogP contribution is -2.42. The third kappa shape index (κ3) is 5.60. The number of carbonyl (C=O) groups is 2. The van der Waals surface area contributed by atoms with Crippen LogP contribution in [0.25, 0.3) is 0 Å². The predicted octanol–water partition coefficient (Wildman–Crippen LogP) is 4.34. The highest BCUT2D eigenvalue weighted by molar-refractivity contribution is 5.92. The number of aromatic nitrogens is 1. The van der Waals surface area contributed by atoms with Gasteiger partial charge in [0.25, 0.3) is 5.91 Å². The smallest absolute Gasteiger partial charge is 0.410 e. The van der Waals surface area contributed by atoms with Crippen LogP contribution in [-0.4, -0.2) is 59.2 Å². The van der Waals surface area contributed by atoms with Crippen LogP contribution in [-0.2, 0) is 11.3 Å². The summed E-state index contributed by atoms with van der Waals surface area (Å²) in [6.07, 6.45) is 3.25. The first-order valence-electron chi connectivity index (χ1n) is 10.7. The van der Waals surface area contributed by atoms with Crippen molar-refractivity contribution in [2.45, 2.75) is 51.8 Å². The van der Waals surface area contributed by atoms with E-state index in [-0.39, 0.29) is 18.0 Å². The highest BCUT2D eigenvalue weighted by Gasteiger charge is 2.29. The van der Waals surface area contributed by atoms with Gasteiger partial charge in [0.15, 0.2) is 0 Å². The summed E-state index contributed by atoms with van der Waals surface area (Å²) >= 11 is 0. The average Bonchev–Trinajstić information content (AvgIpc) is 3.22. The van der Waals surface area contributed by atoms with Gasteiger partial charge in [0, 0.05) is 44.5 Å². The van der Waals surface area contributed by atoms with Gasteiger partial charge in [-0.1, -0.05) is 18.2 Å². The Morgan fingerprint density at radius 2 is 1.77 bits per heavy atom. The fraction of sp³-hybridized carbons (Fsp3) is 0.500. The number of piperidine rings is 1. The molecule has 168 valence electrons. The minimum absolute atomic E-state index is 0.0366. The summed E-state index contributed by atoms with van der Waals surface area (Å²) in [5.41, 5.74) is 1.12. The van der Waals surface area contributed by atoms with E-state index < -0.39 is 5.60 Å². The molecule has 2 heterocycles. The van der Waals surface area contributed by atoms with Crippen LogP contribution in [0.3, 0.4) is 0 Å². The van der Waals surface area contributed by atoms with Crippen molar-refractivity contribution >= 4 is 12.0 Å². The third-order valence-corrected chi connectivity index (χ3v) is 5.45. The molecule has 1 saturated heterocycles. The van der Waals surface area contributed by atoms with E-state index in [4.69, 9.17) is 9.47 Å². The van der Waals surface area contributed by atoms with Crippen LogP contribution in [0.2, 0.25) is 0 Å². The molecule has 2 amide bonds. The van der Waals surface area contributed by atoms with Crippen molar-refractivity contribution < 1.29 is 19.1 Å². The molecule has 7 heteroatoms. The predicted molar refractivity (Wildman–Crippen MR) is 119 cm³/mol. The summed E-state index contributed by atoms with van der Waals surface area (Å²) in [5, 5.41) is 0. The van der Waals surface area contributed by atoms with Gasteiger partial charge in [-0.15, -0.1) is 0 Å². The Kier molecular flexibility index (Phi) is 6.93. The molecular weight excluding hydrogens is 394 g/mol. The summed E-state index contributed by atoms with van der Waals surface area (Å²) in [7, 11) is 3.44. The Bertz CT molecular complexity index is 908. The molecule has 0 bridgehead atoms. The van der Waals surface area contributed by atoms with Gasteiger partial charge < -0.3 is 23.8 Å². The number of para-hydroxylation sites is 1. The van der Waals surface area contributed by atoms with Crippen LogP contribution in [0.15, 0.2) is 42.6 Å². The molecule has 1 aromatic carbocycles. The van der Waals surface area contributed by atoms with Crippen molar-refractivity contribution in [2.24, 2.45) is 0 Å². The number of hydrogen-bond acceptors (Lipinski definition) is 4. The molecule has 1 aromatic heterocycles. The van der Waals surface area contributed by atoms with Crippen LogP contribution in [0.4, 0.5) is 4.79 Å². The van der Waals surface area contributed by atoms with Crippen molar-refractivity contribution in [1.29, 1.82) is 0 Å². The second-order valence-corrected chi connectivity index (χ2v) is 8.97. The Labute approximate surface area is 184 Å². The van der Waals surface area contributed by atoms with Crippen LogP contribution < -0.4 is 4.74 Å². The maximum atomic E-state index is 13.2. The lowest BCUT2D eigenvalue weighted by molar-refractivity contribution is 0.0186. The van der Waals surface area contributed by atoms with E-state index in [2.05, 4.69) is 0 Å². The Morgan fingerprint density at radius 3 is 2.42 bits per heavy atom. The van der Waals surface area contributed by atoms with E-state index in [1.807, 2.05) is 67.9 Å². The van der Waals surface area contributed by atoms with Crippen molar-refractivity contribution in [3.8, 4) is 5.75 Å². The first-order valence-corrected chi connectivity index (χ1v) is 10.7. The lowest BCUT2D eigenvalue weighted by atomic mass is 10.0. The molecule has 31 heavy (non-hydrogen) atoms. The van der Waals surface area contributed by atoms with Gasteiger partial charge in [0.05, 0.1) is 7.11 Å². The molecule has 0 N–H and O–H groups in total. The molecule has 0 spiro atoms. The van der Waals surface area contributed by atoms with Crippen LogP contribution >= 0.6 is 0 Å². The second kappa shape index (κ2) is 9.45. The number of methoxy groups -OCH3 is 1. The molecule has 0 aliphatic carbocycles. The van der Waals surface area contributed by atoms with Crippen molar-refractivity contribution in [3.05, 3.63) is 53.9 Å². The highest BCUT2D eigenvalue weighted by Crippen LogP contribution is 2.27. The van der Waals surface area contributed by atoms with E-state index in [1.165, 1.54) is 0 Å². The fourth-order valence-electron chi connectivity index (χ4n) is 3.90. The maximum Gasteiger partial charge on any atom is 0.410 e. The molecular formula is C24H33N3O4. The van der Waals surface area contributed by atoms with E-state index in [1.54, 1.807) is 24.0 Å². The van der Waals surface area contributed by atoms with Gasteiger partial charge in [-0.05, 0) is 51.8 Å². The van der Waals surface area contributed by atoms with Crippen molar-refractivity contribution in [3.63, 3.8) is 0 Å². The monoisotopic (exact) mass is 427 g/mol. The zero-order valence-electron chi connectivity index (χ0n) is 19.1. The molecule has 7 nitrogen and oxygen atoms in total. The molecule has 3 rings (SSSR count). The number of carbonyl (C=O) groups excluding carboxylic acids is 2. The third-order valence-electron chi connectivity index (χ3n) is 5.45. The van der Waals surface area contributed by atoms with Crippen molar-refractivity contribution in [2.75, 3.05) is 27.2 Å². The van der Waals surface area contributed by atoms with Crippen LogP contribution in [0, 0.1) is 0 Å². The summed E-state index contributed by atoms with van der Waals surface area (Å²) in [6, 6.07) is 11.7. The number of benzene rings is 1. The number of amides is 2. The number of likely N-dealkylation sites (tertiary alicyclic amines) is 1. The molecule has 0 atom stereocenters. The zero-order chi connectivity index (χ0) is 22.6. The summed E-state index contributed by atoms with van der Waals surface area (Å²) < 4.78 is 12.9. The Morgan fingerprint density at radius 1 is 1.10 bits per heavy atom. The van der Waals surface area contributed by atoms with E-state index >= 15 is 0 Å². The fourth-order valence-corrected chi connectivity index (χ4v) is 3.90. The zero-order valence-corrected chi connectivity index (χ0v) is 19.1. The molecule has 2 aromatic rings. The molecule has 0 unspecified atom stereocenters. The number of ether oxygens (including phenoxy) is 2. The minimum atomic E-state index is -0.500. The molecule has 0 saturated carbocycles. The maximum absolute atomic E-state index is 13.2. The van der Waals surface area contributed by atoms with Gasteiger partial charge in [0.1, 0.15) is 17.0 Å². The van der Waals surface area contributed by atoms with Crippen LogP contribution in [0.1, 0.15) is 55.7 Å². The van der Waals surface area contributed by atoms with Gasteiger partial charge in [0.2, 0.25) is 0 Å². The largest absolute Gasteiger partial charge is 0.496 e. The SMILES string of the molecule is COc1ccccc1CN(C)C(=O)c1cccn1C1CCN(C(=O)OC(C)(C)C)CC1. The summed E-state index contributed by atoms with van der Waals surface area (Å²) in [4.78, 5) is 29.0. The van der Waals surface area contributed by atoms with Gasteiger partial charge >= 0.3 is 6.09 Å². The van der Waals surface area contributed by atoms with Gasteiger partial charge in [-0.3, -0.25) is 4.79 Å². The number of nitrogens with zero attached hydrogens (tertiary/aromatic N) is 3. The quantitative estimate of drug-likeness (QED) is 0.712. The van der Waals surface area contributed by atoms with Crippen LogP contribution in [0.5, 0.6) is 5.75 Å². The minimum Gasteiger partial charge on any atom is -0.496 e. The van der Waals surface area contributed by atoms with E-state index in [0.29, 0.717) is 25.3 Å². The Hall–Kier alpha value is -2.96. The lowest BCUT2D eigenvalue weighted by Gasteiger charge is -2.34. The molecule has 1 fully saturated rings. The van der Waals surface area contributed by atoms with Gasteiger partial charge in [-0.25, -0.2) is 4.79 Å². The molecule has 1 aliphatic heterocycles.